The average Bonchev–Trinajstić information content (AvgIpc) is 2.48. The van der Waals surface area contributed by atoms with Crippen LogP contribution in [0.1, 0.15) is 50.6 Å². The molecule has 1 fully saturated rings. The highest BCUT2D eigenvalue weighted by Crippen LogP contribution is 2.38. The van der Waals surface area contributed by atoms with E-state index in [4.69, 9.17) is 0 Å². The van der Waals surface area contributed by atoms with Gasteiger partial charge in [-0.25, -0.2) is 8.78 Å². The number of halogens is 2. The van der Waals surface area contributed by atoms with Crippen molar-refractivity contribution in [3.63, 3.8) is 0 Å². The largest absolute Gasteiger partial charge is 0.309 e. The SMILES string of the molecule is CSC1(CNC(C)c2cccc(F)c2F)CCCCC1. The second kappa shape index (κ2) is 6.90. The molecule has 1 saturated carbocycles. The van der Waals surface area contributed by atoms with Crippen LogP contribution >= 0.6 is 11.8 Å². The molecule has 1 unspecified atom stereocenters. The van der Waals surface area contributed by atoms with Crippen molar-refractivity contribution in [1.29, 1.82) is 0 Å². The first-order chi connectivity index (χ1) is 9.58. The van der Waals surface area contributed by atoms with Crippen LogP contribution in [-0.4, -0.2) is 17.5 Å². The van der Waals surface area contributed by atoms with Crippen molar-refractivity contribution in [2.24, 2.45) is 0 Å². The van der Waals surface area contributed by atoms with E-state index in [1.165, 1.54) is 32.1 Å². The van der Waals surface area contributed by atoms with Crippen LogP contribution in [-0.2, 0) is 0 Å². The lowest BCUT2D eigenvalue weighted by Crippen LogP contribution is -2.40. The van der Waals surface area contributed by atoms with Crippen LogP contribution in [0, 0.1) is 11.6 Å². The quantitative estimate of drug-likeness (QED) is 0.847. The summed E-state index contributed by atoms with van der Waals surface area (Å²) in [5.74, 6) is -1.50. The minimum Gasteiger partial charge on any atom is -0.309 e. The van der Waals surface area contributed by atoms with Crippen molar-refractivity contribution in [1.82, 2.24) is 5.32 Å². The molecule has 1 atom stereocenters. The van der Waals surface area contributed by atoms with E-state index < -0.39 is 11.6 Å². The summed E-state index contributed by atoms with van der Waals surface area (Å²) >= 11 is 1.91. The van der Waals surface area contributed by atoms with Gasteiger partial charge in [0.15, 0.2) is 11.6 Å². The molecule has 1 aromatic rings. The number of thioether (sulfide) groups is 1. The summed E-state index contributed by atoms with van der Waals surface area (Å²) in [5.41, 5.74) is 0.414. The fraction of sp³-hybridized carbons (Fsp3) is 0.625. The first kappa shape index (κ1) is 15.8. The summed E-state index contributed by atoms with van der Waals surface area (Å²) in [4.78, 5) is 0. The summed E-state index contributed by atoms with van der Waals surface area (Å²) in [5, 5.41) is 3.40. The van der Waals surface area contributed by atoms with Gasteiger partial charge in [-0.1, -0.05) is 31.4 Å². The summed E-state index contributed by atoms with van der Waals surface area (Å²) in [6.07, 6.45) is 8.42. The molecule has 0 aromatic heterocycles. The molecular formula is C16H23F2NS. The Labute approximate surface area is 124 Å². The molecule has 1 aromatic carbocycles. The first-order valence-corrected chi connectivity index (χ1v) is 8.53. The van der Waals surface area contributed by atoms with E-state index in [9.17, 15) is 8.78 Å². The van der Waals surface area contributed by atoms with Crippen molar-refractivity contribution >= 4 is 11.8 Å². The molecule has 0 radical (unpaired) electrons. The first-order valence-electron chi connectivity index (χ1n) is 7.30. The van der Waals surface area contributed by atoms with Gasteiger partial charge in [0, 0.05) is 22.9 Å². The Morgan fingerprint density at radius 3 is 2.60 bits per heavy atom. The lowest BCUT2D eigenvalue weighted by molar-refractivity contribution is 0.364. The van der Waals surface area contributed by atoms with E-state index in [0.717, 1.165) is 12.6 Å². The van der Waals surface area contributed by atoms with Crippen LogP contribution in [0.25, 0.3) is 0 Å². The van der Waals surface area contributed by atoms with E-state index in [-0.39, 0.29) is 10.8 Å². The number of nitrogens with one attached hydrogen (secondary N) is 1. The maximum Gasteiger partial charge on any atom is 0.163 e. The molecule has 0 heterocycles. The predicted molar refractivity (Wildman–Crippen MR) is 82.1 cm³/mol. The second-order valence-electron chi connectivity index (χ2n) is 5.69. The van der Waals surface area contributed by atoms with Crippen molar-refractivity contribution in [2.45, 2.75) is 49.8 Å². The number of hydrogen-bond acceptors (Lipinski definition) is 2. The summed E-state index contributed by atoms with van der Waals surface area (Å²) in [7, 11) is 0. The third kappa shape index (κ3) is 3.53. The van der Waals surface area contributed by atoms with Crippen molar-refractivity contribution in [3.8, 4) is 0 Å². The molecule has 112 valence electrons. The number of hydrogen-bond donors (Lipinski definition) is 1. The average molecular weight is 299 g/mol. The van der Waals surface area contributed by atoms with Gasteiger partial charge >= 0.3 is 0 Å². The van der Waals surface area contributed by atoms with E-state index in [0.29, 0.717) is 5.56 Å². The van der Waals surface area contributed by atoms with Crippen LogP contribution in [0.2, 0.25) is 0 Å². The van der Waals surface area contributed by atoms with Crippen LogP contribution in [0.15, 0.2) is 18.2 Å². The van der Waals surface area contributed by atoms with E-state index >= 15 is 0 Å². The van der Waals surface area contributed by atoms with Crippen molar-refractivity contribution < 1.29 is 8.78 Å². The Kier molecular flexibility index (Phi) is 5.44. The van der Waals surface area contributed by atoms with E-state index in [2.05, 4.69) is 11.6 Å². The van der Waals surface area contributed by atoms with Gasteiger partial charge in [-0.05, 0) is 32.1 Å². The van der Waals surface area contributed by atoms with E-state index in [1.54, 1.807) is 12.1 Å². The maximum absolute atomic E-state index is 13.8. The molecule has 0 saturated heterocycles. The molecule has 20 heavy (non-hydrogen) atoms. The number of rotatable bonds is 5. The zero-order chi connectivity index (χ0) is 14.6. The van der Waals surface area contributed by atoms with Gasteiger partial charge in [-0.2, -0.15) is 11.8 Å². The lowest BCUT2D eigenvalue weighted by Gasteiger charge is -2.37. The smallest absolute Gasteiger partial charge is 0.163 e. The monoisotopic (exact) mass is 299 g/mol. The zero-order valence-corrected chi connectivity index (χ0v) is 13.0. The van der Waals surface area contributed by atoms with Gasteiger partial charge in [-0.15, -0.1) is 0 Å². The highest BCUT2D eigenvalue weighted by atomic mass is 32.2. The molecule has 0 aliphatic heterocycles. The second-order valence-corrected chi connectivity index (χ2v) is 6.97. The highest BCUT2D eigenvalue weighted by molar-refractivity contribution is 8.00. The standard InChI is InChI=1S/C16H23F2NS/c1-12(13-7-6-8-14(17)15(13)18)19-11-16(20-2)9-4-3-5-10-16/h6-8,12,19H,3-5,9-11H2,1-2H3. The van der Waals surface area contributed by atoms with Crippen LogP contribution in [0.4, 0.5) is 8.78 Å². The topological polar surface area (TPSA) is 12.0 Å². The van der Waals surface area contributed by atoms with Crippen molar-refractivity contribution in [3.05, 3.63) is 35.4 Å². The van der Waals surface area contributed by atoms with Gasteiger partial charge in [-0.3, -0.25) is 0 Å². The Morgan fingerprint density at radius 1 is 1.25 bits per heavy atom. The zero-order valence-electron chi connectivity index (χ0n) is 12.2. The highest BCUT2D eigenvalue weighted by Gasteiger charge is 2.31. The van der Waals surface area contributed by atoms with Gasteiger partial charge < -0.3 is 5.32 Å². The minimum atomic E-state index is -0.770. The molecule has 1 aliphatic carbocycles. The Morgan fingerprint density at radius 2 is 1.95 bits per heavy atom. The summed E-state index contributed by atoms with van der Waals surface area (Å²) < 4.78 is 27.3. The molecule has 0 bridgehead atoms. The normalized spacial score (nSPS) is 19.8. The third-order valence-electron chi connectivity index (χ3n) is 4.38. The van der Waals surface area contributed by atoms with Crippen LogP contribution in [0.5, 0.6) is 0 Å². The summed E-state index contributed by atoms with van der Waals surface area (Å²) in [6.45, 7) is 2.75. The molecular weight excluding hydrogens is 276 g/mol. The molecule has 4 heteroatoms. The van der Waals surface area contributed by atoms with E-state index in [1.807, 2.05) is 18.7 Å². The molecule has 0 amide bonds. The fourth-order valence-electron chi connectivity index (χ4n) is 2.95. The van der Waals surface area contributed by atoms with Crippen LogP contribution < -0.4 is 5.32 Å². The molecule has 0 spiro atoms. The molecule has 1 N–H and O–H groups in total. The Balaban J connectivity index is 2.00. The van der Waals surface area contributed by atoms with Gasteiger partial charge in [0.1, 0.15) is 0 Å². The summed E-state index contributed by atoms with van der Waals surface area (Å²) in [6, 6.07) is 4.21. The maximum atomic E-state index is 13.8. The third-order valence-corrected chi connectivity index (χ3v) is 5.79. The van der Waals surface area contributed by atoms with Crippen LogP contribution in [0.3, 0.4) is 0 Å². The van der Waals surface area contributed by atoms with Gasteiger partial charge in [0.25, 0.3) is 0 Å². The van der Waals surface area contributed by atoms with Gasteiger partial charge in [0.2, 0.25) is 0 Å². The Hall–Kier alpha value is -0.610. The minimum absolute atomic E-state index is 0.170. The lowest BCUT2D eigenvalue weighted by atomic mass is 9.88. The van der Waals surface area contributed by atoms with Crippen molar-refractivity contribution in [2.75, 3.05) is 12.8 Å². The Bertz CT molecular complexity index is 444. The molecule has 1 aliphatic rings. The number of benzene rings is 1. The molecule has 1 nitrogen and oxygen atoms in total. The fourth-order valence-corrected chi connectivity index (χ4v) is 3.88. The van der Waals surface area contributed by atoms with Gasteiger partial charge in [0.05, 0.1) is 0 Å². The molecule has 2 rings (SSSR count). The predicted octanol–water partition coefficient (Wildman–Crippen LogP) is 4.68.